The van der Waals surface area contributed by atoms with Crippen LogP contribution in [0.3, 0.4) is 0 Å². The van der Waals surface area contributed by atoms with Crippen LogP contribution in [0.1, 0.15) is 32.2 Å². The second-order valence-corrected chi connectivity index (χ2v) is 5.26. The Bertz CT molecular complexity index is 532. The molecule has 20 heavy (non-hydrogen) atoms. The van der Waals surface area contributed by atoms with Crippen molar-refractivity contribution in [3.05, 3.63) is 34.9 Å². The van der Waals surface area contributed by atoms with Crippen molar-refractivity contribution in [1.82, 2.24) is 24.9 Å². The van der Waals surface area contributed by atoms with E-state index in [1.165, 1.54) is 0 Å². The molecule has 2 rings (SSSR count). The summed E-state index contributed by atoms with van der Waals surface area (Å²) in [5.41, 5.74) is 2.04. The summed E-state index contributed by atoms with van der Waals surface area (Å²) >= 11 is 6.39. The van der Waals surface area contributed by atoms with Crippen LogP contribution in [-0.4, -0.2) is 25.6 Å². The van der Waals surface area contributed by atoms with Gasteiger partial charge in [-0.2, -0.15) is 10.2 Å². The number of aryl methyl sites for hydroxylation is 2. The highest BCUT2D eigenvalue weighted by atomic mass is 35.5. The monoisotopic (exact) mass is 295 g/mol. The normalized spacial score (nSPS) is 12.8. The van der Waals surface area contributed by atoms with E-state index in [0.717, 1.165) is 42.5 Å². The van der Waals surface area contributed by atoms with Gasteiger partial charge in [-0.1, -0.05) is 18.5 Å². The van der Waals surface area contributed by atoms with Gasteiger partial charge < -0.3 is 5.32 Å². The lowest BCUT2D eigenvalue weighted by Gasteiger charge is -2.14. The molecule has 0 spiro atoms. The Morgan fingerprint density at radius 1 is 1.40 bits per heavy atom. The van der Waals surface area contributed by atoms with Gasteiger partial charge in [0, 0.05) is 31.5 Å². The van der Waals surface area contributed by atoms with Crippen molar-refractivity contribution in [3.8, 4) is 0 Å². The highest BCUT2D eigenvalue weighted by Gasteiger charge is 2.14. The maximum atomic E-state index is 6.39. The zero-order chi connectivity index (χ0) is 14.5. The van der Waals surface area contributed by atoms with Gasteiger partial charge in [0.25, 0.3) is 0 Å². The van der Waals surface area contributed by atoms with Crippen LogP contribution in [0.4, 0.5) is 0 Å². The molecule has 6 heteroatoms. The van der Waals surface area contributed by atoms with Gasteiger partial charge in [-0.25, -0.2) is 0 Å². The SMILES string of the molecule is CCc1nn(CC)c(CNC(C)Cn2cccn2)c1Cl. The average Bonchev–Trinajstić information content (AvgIpc) is 3.04. The molecule has 0 radical (unpaired) electrons. The van der Waals surface area contributed by atoms with E-state index in [1.807, 2.05) is 21.6 Å². The molecule has 0 saturated carbocycles. The van der Waals surface area contributed by atoms with E-state index in [-0.39, 0.29) is 0 Å². The lowest BCUT2D eigenvalue weighted by Crippen LogP contribution is -2.31. The Kier molecular flexibility index (Phi) is 5.20. The van der Waals surface area contributed by atoms with Gasteiger partial charge >= 0.3 is 0 Å². The Morgan fingerprint density at radius 2 is 2.20 bits per heavy atom. The second kappa shape index (κ2) is 6.90. The Morgan fingerprint density at radius 3 is 2.80 bits per heavy atom. The number of hydrogen-bond acceptors (Lipinski definition) is 3. The summed E-state index contributed by atoms with van der Waals surface area (Å²) in [4.78, 5) is 0. The lowest BCUT2D eigenvalue weighted by molar-refractivity contribution is 0.440. The molecule has 0 aliphatic rings. The number of nitrogens with one attached hydrogen (secondary N) is 1. The first-order valence-corrected chi connectivity index (χ1v) is 7.48. The summed E-state index contributed by atoms with van der Waals surface area (Å²) in [6.07, 6.45) is 4.63. The van der Waals surface area contributed by atoms with E-state index >= 15 is 0 Å². The van der Waals surface area contributed by atoms with Gasteiger partial charge in [0.05, 0.1) is 23.0 Å². The third-order valence-corrected chi connectivity index (χ3v) is 3.77. The van der Waals surface area contributed by atoms with E-state index in [1.54, 1.807) is 6.20 Å². The highest BCUT2D eigenvalue weighted by Crippen LogP contribution is 2.21. The van der Waals surface area contributed by atoms with E-state index in [4.69, 9.17) is 11.6 Å². The molecule has 0 aromatic carbocycles. The molecule has 0 amide bonds. The molecule has 1 atom stereocenters. The summed E-state index contributed by atoms with van der Waals surface area (Å²) in [5.74, 6) is 0. The Hall–Kier alpha value is -1.33. The van der Waals surface area contributed by atoms with Crippen molar-refractivity contribution in [2.24, 2.45) is 0 Å². The van der Waals surface area contributed by atoms with Crippen molar-refractivity contribution in [2.45, 2.75) is 52.9 Å². The van der Waals surface area contributed by atoms with Gasteiger partial charge in [0.15, 0.2) is 0 Å². The molecule has 1 unspecified atom stereocenters. The van der Waals surface area contributed by atoms with Crippen molar-refractivity contribution in [1.29, 1.82) is 0 Å². The van der Waals surface area contributed by atoms with Crippen molar-refractivity contribution in [3.63, 3.8) is 0 Å². The van der Waals surface area contributed by atoms with Crippen molar-refractivity contribution >= 4 is 11.6 Å². The predicted octanol–water partition coefficient (Wildman–Crippen LogP) is 2.49. The summed E-state index contributed by atoms with van der Waals surface area (Å²) < 4.78 is 3.91. The number of halogens is 1. The maximum absolute atomic E-state index is 6.39. The molecule has 0 aliphatic heterocycles. The first-order chi connectivity index (χ1) is 9.65. The van der Waals surface area contributed by atoms with Gasteiger partial charge in [-0.05, 0) is 26.3 Å². The van der Waals surface area contributed by atoms with Gasteiger partial charge in [-0.3, -0.25) is 9.36 Å². The molecular weight excluding hydrogens is 274 g/mol. The van der Waals surface area contributed by atoms with E-state index in [0.29, 0.717) is 6.04 Å². The second-order valence-electron chi connectivity index (χ2n) is 4.89. The summed E-state index contributed by atoms with van der Waals surface area (Å²) in [6, 6.07) is 2.25. The first-order valence-electron chi connectivity index (χ1n) is 7.10. The summed E-state index contributed by atoms with van der Waals surface area (Å²) in [6.45, 7) is 8.70. The van der Waals surface area contributed by atoms with Crippen LogP contribution in [0.2, 0.25) is 5.02 Å². The van der Waals surface area contributed by atoms with Crippen LogP contribution in [0.15, 0.2) is 18.5 Å². The van der Waals surface area contributed by atoms with E-state index < -0.39 is 0 Å². The molecule has 5 nitrogen and oxygen atoms in total. The van der Waals surface area contributed by atoms with Crippen LogP contribution in [0, 0.1) is 0 Å². The maximum Gasteiger partial charge on any atom is 0.0863 e. The van der Waals surface area contributed by atoms with Crippen LogP contribution >= 0.6 is 11.6 Å². The largest absolute Gasteiger partial charge is 0.307 e. The molecule has 2 aromatic rings. The summed E-state index contributed by atoms with van der Waals surface area (Å²) in [5, 5.41) is 13.0. The smallest absolute Gasteiger partial charge is 0.0863 e. The fourth-order valence-electron chi connectivity index (χ4n) is 2.21. The molecular formula is C14H22ClN5. The third kappa shape index (κ3) is 3.41. The van der Waals surface area contributed by atoms with Crippen LogP contribution in [0.5, 0.6) is 0 Å². The molecule has 2 aromatic heterocycles. The highest BCUT2D eigenvalue weighted by molar-refractivity contribution is 6.31. The molecule has 0 fully saturated rings. The minimum Gasteiger partial charge on any atom is -0.307 e. The molecule has 0 bridgehead atoms. The molecule has 2 heterocycles. The minimum atomic E-state index is 0.316. The number of rotatable bonds is 7. The van der Waals surface area contributed by atoms with Gasteiger partial charge in [-0.15, -0.1) is 0 Å². The number of aromatic nitrogens is 4. The summed E-state index contributed by atoms with van der Waals surface area (Å²) in [7, 11) is 0. The Labute approximate surface area is 124 Å². The molecule has 0 aliphatic carbocycles. The molecule has 0 saturated heterocycles. The lowest BCUT2D eigenvalue weighted by atomic mass is 10.2. The standard InChI is InChI=1S/C14H22ClN5/c1-4-12-14(15)13(20(5-2)18-12)9-16-11(3)10-19-8-6-7-17-19/h6-8,11,16H,4-5,9-10H2,1-3H3. The topological polar surface area (TPSA) is 47.7 Å². The Balaban J connectivity index is 1.97. The van der Waals surface area contributed by atoms with Crippen molar-refractivity contribution < 1.29 is 0 Å². The van der Waals surface area contributed by atoms with E-state index in [2.05, 4.69) is 36.3 Å². The first kappa shape index (κ1) is 15.1. The van der Waals surface area contributed by atoms with Crippen LogP contribution < -0.4 is 5.32 Å². The van der Waals surface area contributed by atoms with Gasteiger partial charge in [0.1, 0.15) is 0 Å². The number of nitrogens with zero attached hydrogens (tertiary/aromatic N) is 4. The van der Waals surface area contributed by atoms with E-state index in [9.17, 15) is 0 Å². The fraction of sp³-hybridized carbons (Fsp3) is 0.571. The zero-order valence-electron chi connectivity index (χ0n) is 12.3. The van der Waals surface area contributed by atoms with Crippen molar-refractivity contribution in [2.75, 3.05) is 0 Å². The average molecular weight is 296 g/mol. The number of hydrogen-bond donors (Lipinski definition) is 1. The molecule has 110 valence electrons. The van der Waals surface area contributed by atoms with Crippen LogP contribution in [-0.2, 0) is 26.1 Å². The minimum absolute atomic E-state index is 0.316. The van der Waals surface area contributed by atoms with Gasteiger partial charge in [0.2, 0.25) is 0 Å². The van der Waals surface area contributed by atoms with Crippen LogP contribution in [0.25, 0.3) is 0 Å². The zero-order valence-corrected chi connectivity index (χ0v) is 13.1. The third-order valence-electron chi connectivity index (χ3n) is 3.33. The molecule has 1 N–H and O–H groups in total. The predicted molar refractivity (Wildman–Crippen MR) is 80.8 cm³/mol. The quantitative estimate of drug-likeness (QED) is 0.854. The fourth-order valence-corrected chi connectivity index (χ4v) is 2.55.